The summed E-state index contributed by atoms with van der Waals surface area (Å²) in [4.78, 5) is 5.98. The lowest BCUT2D eigenvalue weighted by Gasteiger charge is -2.05. The van der Waals surface area contributed by atoms with Crippen molar-refractivity contribution in [3.63, 3.8) is 0 Å². The van der Waals surface area contributed by atoms with Crippen LogP contribution in [0.25, 0.3) is 21.8 Å². The van der Waals surface area contributed by atoms with E-state index in [9.17, 15) is 0 Å². The molecule has 0 radical (unpaired) electrons. The molecule has 0 unspecified atom stereocenters. The van der Waals surface area contributed by atoms with Gasteiger partial charge in [0.15, 0.2) is 0 Å². The maximum absolute atomic E-state index is 4.76. The van der Waals surface area contributed by atoms with Crippen LogP contribution in [0, 0.1) is 6.92 Å². The zero-order valence-corrected chi connectivity index (χ0v) is 10.9. The van der Waals surface area contributed by atoms with E-state index in [0.717, 1.165) is 11.4 Å². The largest absolute Gasteiger partial charge is 0.247 e. The zero-order valence-electron chi connectivity index (χ0n) is 10.1. The lowest BCUT2D eigenvalue weighted by atomic mass is 10.1. The molecule has 0 bridgehead atoms. The summed E-state index contributed by atoms with van der Waals surface area (Å²) in [5.41, 5.74) is 4.51. The van der Waals surface area contributed by atoms with Crippen LogP contribution >= 0.6 is 11.3 Å². The van der Waals surface area contributed by atoms with Crippen LogP contribution in [0.5, 0.6) is 0 Å². The summed E-state index contributed by atoms with van der Waals surface area (Å²) in [7, 11) is 0. The van der Waals surface area contributed by atoms with Crippen molar-refractivity contribution in [1.82, 2.24) is 4.98 Å². The Balaban J connectivity index is 2.12. The third kappa shape index (κ3) is 2.20. The average molecular weight is 251 g/mol. The van der Waals surface area contributed by atoms with Gasteiger partial charge in [-0.3, -0.25) is 0 Å². The summed E-state index contributed by atoms with van der Waals surface area (Å²) in [5.74, 6) is 0. The predicted octanol–water partition coefficient (Wildman–Crippen LogP) is 4.79. The molecule has 0 saturated carbocycles. The Hall–Kier alpha value is -1.93. The molecule has 2 heterocycles. The van der Waals surface area contributed by atoms with Crippen LogP contribution < -0.4 is 0 Å². The Morgan fingerprint density at radius 2 is 1.67 bits per heavy atom. The van der Waals surface area contributed by atoms with Crippen LogP contribution in [-0.2, 0) is 0 Å². The van der Waals surface area contributed by atoms with Gasteiger partial charge in [0.05, 0.1) is 16.3 Å². The molecule has 18 heavy (non-hydrogen) atoms. The van der Waals surface area contributed by atoms with Gasteiger partial charge in [-0.25, -0.2) is 4.98 Å². The number of hydrogen-bond acceptors (Lipinski definition) is 2. The molecule has 88 valence electrons. The van der Waals surface area contributed by atoms with Crippen molar-refractivity contribution in [3.05, 3.63) is 65.5 Å². The molecule has 0 spiro atoms. The highest BCUT2D eigenvalue weighted by atomic mass is 32.1. The van der Waals surface area contributed by atoms with Gasteiger partial charge in [0.25, 0.3) is 0 Å². The van der Waals surface area contributed by atoms with Gasteiger partial charge in [-0.15, -0.1) is 11.3 Å². The van der Waals surface area contributed by atoms with E-state index in [2.05, 4.69) is 48.7 Å². The minimum Gasteiger partial charge on any atom is -0.247 e. The van der Waals surface area contributed by atoms with E-state index in [1.54, 1.807) is 11.3 Å². The molecule has 2 heteroatoms. The van der Waals surface area contributed by atoms with Crippen molar-refractivity contribution >= 4 is 11.3 Å². The van der Waals surface area contributed by atoms with Gasteiger partial charge < -0.3 is 0 Å². The van der Waals surface area contributed by atoms with Gasteiger partial charge in [-0.1, -0.05) is 36.4 Å². The Kier molecular flexibility index (Phi) is 2.95. The fraction of sp³-hybridized carbons (Fsp3) is 0.0625. The standard InChI is InChI=1S/C16H13NS/c1-12-10-14(13-6-3-2-4-7-13)17-15(11-12)16-8-5-9-18-16/h2-11H,1H3. The smallest absolute Gasteiger partial charge is 0.0811 e. The summed E-state index contributed by atoms with van der Waals surface area (Å²) in [6.45, 7) is 2.12. The highest BCUT2D eigenvalue weighted by Gasteiger charge is 2.05. The number of thiophene rings is 1. The van der Waals surface area contributed by atoms with Crippen molar-refractivity contribution in [2.45, 2.75) is 6.92 Å². The molecule has 0 fully saturated rings. The molecule has 0 aliphatic heterocycles. The Morgan fingerprint density at radius 3 is 2.39 bits per heavy atom. The number of nitrogens with zero attached hydrogens (tertiary/aromatic N) is 1. The van der Waals surface area contributed by atoms with Crippen molar-refractivity contribution in [3.8, 4) is 21.8 Å². The topological polar surface area (TPSA) is 12.9 Å². The van der Waals surface area contributed by atoms with Crippen molar-refractivity contribution in [2.75, 3.05) is 0 Å². The van der Waals surface area contributed by atoms with Crippen LogP contribution in [0.3, 0.4) is 0 Å². The van der Waals surface area contributed by atoms with Crippen molar-refractivity contribution < 1.29 is 0 Å². The first-order chi connectivity index (χ1) is 8.83. The van der Waals surface area contributed by atoms with Gasteiger partial charge >= 0.3 is 0 Å². The molecule has 0 saturated heterocycles. The van der Waals surface area contributed by atoms with Crippen LogP contribution in [-0.4, -0.2) is 4.98 Å². The Labute approximate surface area is 111 Å². The molecular weight excluding hydrogens is 238 g/mol. The second-order valence-corrected chi connectivity index (χ2v) is 5.21. The van der Waals surface area contributed by atoms with Crippen molar-refractivity contribution in [1.29, 1.82) is 0 Å². The van der Waals surface area contributed by atoms with E-state index in [0.29, 0.717) is 0 Å². The van der Waals surface area contributed by atoms with E-state index in [4.69, 9.17) is 4.98 Å². The van der Waals surface area contributed by atoms with E-state index in [-0.39, 0.29) is 0 Å². The zero-order chi connectivity index (χ0) is 12.4. The number of pyridine rings is 1. The average Bonchev–Trinajstić information content (AvgIpc) is 2.93. The third-order valence-corrected chi connectivity index (χ3v) is 3.71. The van der Waals surface area contributed by atoms with E-state index < -0.39 is 0 Å². The van der Waals surface area contributed by atoms with E-state index >= 15 is 0 Å². The van der Waals surface area contributed by atoms with Crippen LogP contribution in [0.15, 0.2) is 60.0 Å². The van der Waals surface area contributed by atoms with Crippen LogP contribution in [0.1, 0.15) is 5.56 Å². The first kappa shape index (κ1) is 11.2. The first-order valence-electron chi connectivity index (χ1n) is 5.91. The summed E-state index contributed by atoms with van der Waals surface area (Å²) in [6.07, 6.45) is 0. The number of hydrogen-bond donors (Lipinski definition) is 0. The Morgan fingerprint density at radius 1 is 0.889 bits per heavy atom. The van der Waals surface area contributed by atoms with Crippen LogP contribution in [0.4, 0.5) is 0 Å². The molecule has 1 aromatic carbocycles. The second-order valence-electron chi connectivity index (χ2n) is 4.26. The van der Waals surface area contributed by atoms with Gasteiger partial charge in [0.2, 0.25) is 0 Å². The number of rotatable bonds is 2. The molecular formula is C16H13NS. The second kappa shape index (κ2) is 4.75. The number of aryl methyl sites for hydroxylation is 1. The monoisotopic (exact) mass is 251 g/mol. The highest BCUT2D eigenvalue weighted by Crippen LogP contribution is 2.27. The van der Waals surface area contributed by atoms with E-state index in [1.165, 1.54) is 16.0 Å². The van der Waals surface area contributed by atoms with Gasteiger partial charge in [0.1, 0.15) is 0 Å². The minimum atomic E-state index is 1.04. The van der Waals surface area contributed by atoms with Gasteiger partial charge in [-0.2, -0.15) is 0 Å². The predicted molar refractivity (Wildman–Crippen MR) is 77.7 cm³/mol. The summed E-state index contributed by atoms with van der Waals surface area (Å²) < 4.78 is 0. The lowest BCUT2D eigenvalue weighted by Crippen LogP contribution is -1.88. The normalized spacial score (nSPS) is 10.5. The molecule has 1 nitrogen and oxygen atoms in total. The fourth-order valence-electron chi connectivity index (χ4n) is 1.97. The maximum Gasteiger partial charge on any atom is 0.0811 e. The molecule has 0 N–H and O–H groups in total. The summed E-state index contributed by atoms with van der Waals surface area (Å²) in [5, 5.41) is 2.08. The number of benzene rings is 1. The van der Waals surface area contributed by atoms with E-state index in [1.807, 2.05) is 18.2 Å². The SMILES string of the molecule is Cc1cc(-c2ccccc2)nc(-c2cccs2)c1. The fourth-order valence-corrected chi connectivity index (χ4v) is 2.66. The summed E-state index contributed by atoms with van der Waals surface area (Å²) >= 11 is 1.73. The molecule has 0 aliphatic rings. The maximum atomic E-state index is 4.76. The molecule has 0 amide bonds. The number of aromatic nitrogens is 1. The molecule has 0 aliphatic carbocycles. The Bertz CT molecular complexity index is 642. The lowest BCUT2D eigenvalue weighted by molar-refractivity contribution is 1.30. The molecule has 2 aromatic heterocycles. The quantitative estimate of drug-likeness (QED) is 0.638. The summed E-state index contributed by atoms with van der Waals surface area (Å²) in [6, 6.07) is 18.8. The van der Waals surface area contributed by atoms with Crippen molar-refractivity contribution in [2.24, 2.45) is 0 Å². The van der Waals surface area contributed by atoms with Gasteiger partial charge in [-0.05, 0) is 36.1 Å². The van der Waals surface area contributed by atoms with Gasteiger partial charge in [0, 0.05) is 5.56 Å². The first-order valence-corrected chi connectivity index (χ1v) is 6.79. The molecule has 3 rings (SSSR count). The molecule has 0 atom stereocenters. The molecule has 3 aromatic rings. The van der Waals surface area contributed by atoms with Crippen LogP contribution in [0.2, 0.25) is 0 Å². The minimum absolute atomic E-state index is 1.04. The highest BCUT2D eigenvalue weighted by molar-refractivity contribution is 7.13. The third-order valence-electron chi connectivity index (χ3n) is 2.81.